The topological polar surface area (TPSA) is 37.0 Å². The van der Waals surface area contributed by atoms with Gasteiger partial charge in [-0.05, 0) is 31.4 Å². The lowest BCUT2D eigenvalue weighted by Gasteiger charge is -2.07. The van der Waals surface area contributed by atoms with Crippen LogP contribution in [0.15, 0.2) is 12.3 Å². The lowest BCUT2D eigenvalue weighted by molar-refractivity contribution is 0.686. The molecule has 0 aromatic carbocycles. The zero-order valence-electron chi connectivity index (χ0n) is 8.89. The third-order valence-corrected chi connectivity index (χ3v) is 2.70. The average molecular weight is 226 g/mol. The van der Waals surface area contributed by atoms with Gasteiger partial charge in [-0.1, -0.05) is 11.6 Å². The third kappa shape index (κ3) is 3.08. The van der Waals surface area contributed by atoms with Crippen LogP contribution >= 0.6 is 11.6 Å². The van der Waals surface area contributed by atoms with Gasteiger partial charge >= 0.3 is 0 Å². The number of hydrogen-bond acceptors (Lipinski definition) is 3. The van der Waals surface area contributed by atoms with Gasteiger partial charge in [0.2, 0.25) is 0 Å². The Kier molecular flexibility index (Phi) is 3.44. The summed E-state index contributed by atoms with van der Waals surface area (Å²) in [6.45, 7) is 3.73. The normalized spacial score (nSPS) is 15.3. The summed E-state index contributed by atoms with van der Waals surface area (Å²) in [5.74, 6) is 0.773. The molecule has 0 unspecified atom stereocenters. The quantitative estimate of drug-likeness (QED) is 0.808. The molecule has 0 aliphatic heterocycles. The number of anilines is 1. The van der Waals surface area contributed by atoms with E-state index in [4.69, 9.17) is 11.6 Å². The summed E-state index contributed by atoms with van der Waals surface area (Å²) in [7, 11) is 0. The number of rotatable bonds is 5. The first-order valence-electron chi connectivity index (χ1n) is 5.41. The van der Waals surface area contributed by atoms with Crippen molar-refractivity contribution in [2.24, 2.45) is 0 Å². The van der Waals surface area contributed by atoms with Gasteiger partial charge in [-0.15, -0.1) is 0 Å². The SMILES string of the molecule is CCNc1ncc(CNC2CC2)cc1Cl. The van der Waals surface area contributed by atoms with Crippen LogP contribution in [-0.4, -0.2) is 17.6 Å². The number of pyridine rings is 1. The van der Waals surface area contributed by atoms with E-state index in [0.717, 1.165) is 30.5 Å². The largest absolute Gasteiger partial charge is 0.369 e. The van der Waals surface area contributed by atoms with E-state index < -0.39 is 0 Å². The van der Waals surface area contributed by atoms with Gasteiger partial charge in [0.1, 0.15) is 5.82 Å². The van der Waals surface area contributed by atoms with Crippen molar-refractivity contribution in [2.45, 2.75) is 32.4 Å². The van der Waals surface area contributed by atoms with Gasteiger partial charge in [0.15, 0.2) is 0 Å². The fourth-order valence-electron chi connectivity index (χ4n) is 1.42. The van der Waals surface area contributed by atoms with Crippen molar-refractivity contribution < 1.29 is 0 Å². The molecule has 2 rings (SSSR count). The molecule has 0 spiro atoms. The molecule has 82 valence electrons. The second-order valence-corrected chi connectivity index (χ2v) is 4.27. The van der Waals surface area contributed by atoms with Gasteiger partial charge in [0, 0.05) is 25.3 Å². The maximum Gasteiger partial charge on any atom is 0.144 e. The molecule has 4 heteroatoms. The van der Waals surface area contributed by atoms with Crippen molar-refractivity contribution >= 4 is 17.4 Å². The predicted molar refractivity (Wildman–Crippen MR) is 63.3 cm³/mol. The van der Waals surface area contributed by atoms with E-state index in [1.807, 2.05) is 19.2 Å². The number of nitrogens with one attached hydrogen (secondary N) is 2. The summed E-state index contributed by atoms with van der Waals surface area (Å²) in [5.41, 5.74) is 1.15. The van der Waals surface area contributed by atoms with Crippen molar-refractivity contribution in [3.05, 3.63) is 22.8 Å². The molecule has 1 saturated carbocycles. The van der Waals surface area contributed by atoms with Gasteiger partial charge in [0.25, 0.3) is 0 Å². The summed E-state index contributed by atoms with van der Waals surface area (Å²) in [5, 5.41) is 7.25. The number of hydrogen-bond donors (Lipinski definition) is 2. The van der Waals surface area contributed by atoms with Gasteiger partial charge in [-0.25, -0.2) is 4.98 Å². The summed E-state index contributed by atoms with van der Waals surface area (Å²) in [6, 6.07) is 2.69. The Bertz CT molecular complexity index is 337. The molecule has 1 aromatic rings. The number of halogens is 1. The lowest BCUT2D eigenvalue weighted by Crippen LogP contribution is -2.15. The molecule has 0 atom stereocenters. The lowest BCUT2D eigenvalue weighted by atomic mass is 10.3. The molecule has 0 radical (unpaired) electrons. The Hall–Kier alpha value is -0.800. The second kappa shape index (κ2) is 4.81. The van der Waals surface area contributed by atoms with Crippen molar-refractivity contribution in [1.82, 2.24) is 10.3 Å². The van der Waals surface area contributed by atoms with Crippen LogP contribution in [0.25, 0.3) is 0 Å². The number of nitrogens with zero attached hydrogens (tertiary/aromatic N) is 1. The van der Waals surface area contributed by atoms with Crippen molar-refractivity contribution in [1.29, 1.82) is 0 Å². The third-order valence-electron chi connectivity index (χ3n) is 2.41. The van der Waals surface area contributed by atoms with Gasteiger partial charge in [-0.2, -0.15) is 0 Å². The fraction of sp³-hybridized carbons (Fsp3) is 0.545. The van der Waals surface area contributed by atoms with Gasteiger partial charge < -0.3 is 10.6 Å². The summed E-state index contributed by atoms with van der Waals surface area (Å²) in [4.78, 5) is 4.28. The van der Waals surface area contributed by atoms with E-state index in [0.29, 0.717) is 5.02 Å². The van der Waals surface area contributed by atoms with Crippen molar-refractivity contribution in [3.8, 4) is 0 Å². The minimum atomic E-state index is 0.701. The van der Waals surface area contributed by atoms with Crippen LogP contribution in [0.4, 0.5) is 5.82 Å². The highest BCUT2D eigenvalue weighted by Gasteiger charge is 2.20. The molecule has 1 aliphatic rings. The Morgan fingerprint density at radius 2 is 2.33 bits per heavy atom. The Morgan fingerprint density at radius 1 is 1.53 bits per heavy atom. The Labute approximate surface area is 95.2 Å². The van der Waals surface area contributed by atoms with E-state index >= 15 is 0 Å². The highest BCUT2D eigenvalue weighted by molar-refractivity contribution is 6.32. The highest BCUT2D eigenvalue weighted by atomic mass is 35.5. The zero-order chi connectivity index (χ0) is 10.7. The first-order chi connectivity index (χ1) is 7.29. The predicted octanol–water partition coefficient (Wildman–Crippen LogP) is 2.42. The van der Waals surface area contributed by atoms with Crippen LogP contribution in [0.3, 0.4) is 0 Å². The maximum absolute atomic E-state index is 6.09. The minimum absolute atomic E-state index is 0.701. The van der Waals surface area contributed by atoms with Crippen LogP contribution in [0.5, 0.6) is 0 Å². The molecule has 0 amide bonds. The second-order valence-electron chi connectivity index (χ2n) is 3.86. The van der Waals surface area contributed by atoms with E-state index in [1.165, 1.54) is 12.8 Å². The van der Waals surface area contributed by atoms with Crippen LogP contribution in [0, 0.1) is 0 Å². The number of aromatic nitrogens is 1. The molecule has 3 nitrogen and oxygen atoms in total. The van der Waals surface area contributed by atoms with Crippen LogP contribution in [0.1, 0.15) is 25.3 Å². The molecule has 0 bridgehead atoms. The Balaban J connectivity index is 1.96. The molecular formula is C11H16ClN3. The molecular weight excluding hydrogens is 210 g/mol. The molecule has 1 heterocycles. The molecule has 15 heavy (non-hydrogen) atoms. The summed E-state index contributed by atoms with van der Waals surface area (Å²) < 4.78 is 0. The van der Waals surface area contributed by atoms with Crippen LogP contribution in [-0.2, 0) is 6.54 Å². The molecule has 1 fully saturated rings. The Morgan fingerprint density at radius 3 is 2.93 bits per heavy atom. The van der Waals surface area contributed by atoms with E-state index in [-0.39, 0.29) is 0 Å². The van der Waals surface area contributed by atoms with E-state index in [2.05, 4.69) is 15.6 Å². The first kappa shape index (κ1) is 10.7. The molecule has 1 aliphatic carbocycles. The summed E-state index contributed by atoms with van der Waals surface area (Å²) >= 11 is 6.09. The smallest absolute Gasteiger partial charge is 0.144 e. The van der Waals surface area contributed by atoms with Gasteiger partial charge in [-0.3, -0.25) is 0 Å². The molecule has 0 saturated heterocycles. The average Bonchev–Trinajstić information content (AvgIpc) is 3.03. The van der Waals surface area contributed by atoms with E-state index in [1.54, 1.807) is 0 Å². The maximum atomic E-state index is 6.09. The van der Waals surface area contributed by atoms with Crippen molar-refractivity contribution in [3.63, 3.8) is 0 Å². The van der Waals surface area contributed by atoms with E-state index in [9.17, 15) is 0 Å². The standard InChI is InChI=1S/C11H16ClN3/c1-2-13-11-10(12)5-8(7-15-11)6-14-9-3-4-9/h5,7,9,14H,2-4,6H2,1H3,(H,13,15). The monoisotopic (exact) mass is 225 g/mol. The minimum Gasteiger partial charge on any atom is -0.369 e. The van der Waals surface area contributed by atoms with Crippen molar-refractivity contribution in [2.75, 3.05) is 11.9 Å². The highest BCUT2D eigenvalue weighted by Crippen LogP contribution is 2.22. The van der Waals surface area contributed by atoms with Crippen LogP contribution < -0.4 is 10.6 Å². The summed E-state index contributed by atoms with van der Waals surface area (Å²) in [6.07, 6.45) is 4.48. The van der Waals surface area contributed by atoms with Crippen LogP contribution in [0.2, 0.25) is 5.02 Å². The van der Waals surface area contributed by atoms with Gasteiger partial charge in [0.05, 0.1) is 5.02 Å². The molecule has 1 aromatic heterocycles. The molecule has 2 N–H and O–H groups in total. The zero-order valence-corrected chi connectivity index (χ0v) is 9.64. The first-order valence-corrected chi connectivity index (χ1v) is 5.79. The fourth-order valence-corrected chi connectivity index (χ4v) is 1.68.